The summed E-state index contributed by atoms with van der Waals surface area (Å²) in [5, 5.41) is 0. The summed E-state index contributed by atoms with van der Waals surface area (Å²) in [4.78, 5) is 0. The zero-order valence-corrected chi connectivity index (χ0v) is 8.17. The van der Waals surface area contributed by atoms with E-state index in [-0.39, 0.29) is 6.29 Å². The van der Waals surface area contributed by atoms with Gasteiger partial charge in [0.2, 0.25) is 0 Å². The molecule has 0 radical (unpaired) electrons. The molecule has 70 valence electrons. The van der Waals surface area contributed by atoms with Gasteiger partial charge in [-0.15, -0.1) is 0 Å². The van der Waals surface area contributed by atoms with Gasteiger partial charge < -0.3 is 9.47 Å². The SMILES string of the molecule is CC(C)=CCC(C)C1OCCO1. The second-order valence-corrected chi connectivity index (χ2v) is 3.60. The molecule has 1 saturated heterocycles. The lowest BCUT2D eigenvalue weighted by Gasteiger charge is -2.15. The van der Waals surface area contributed by atoms with E-state index < -0.39 is 0 Å². The standard InChI is InChI=1S/C10H18O2/c1-8(2)4-5-9(3)10-11-6-7-12-10/h4,9-10H,5-7H2,1-3H3. The molecule has 0 aromatic rings. The largest absolute Gasteiger partial charge is 0.350 e. The summed E-state index contributed by atoms with van der Waals surface area (Å²) in [6, 6.07) is 0. The van der Waals surface area contributed by atoms with E-state index in [9.17, 15) is 0 Å². The Balaban J connectivity index is 2.27. The predicted octanol–water partition coefficient (Wildman–Crippen LogP) is 2.35. The first-order valence-electron chi connectivity index (χ1n) is 4.56. The molecule has 0 aliphatic carbocycles. The van der Waals surface area contributed by atoms with Crippen LogP contribution >= 0.6 is 0 Å². The van der Waals surface area contributed by atoms with Gasteiger partial charge in [-0.25, -0.2) is 0 Å². The van der Waals surface area contributed by atoms with Gasteiger partial charge >= 0.3 is 0 Å². The fourth-order valence-corrected chi connectivity index (χ4v) is 1.24. The molecule has 0 spiro atoms. The summed E-state index contributed by atoms with van der Waals surface area (Å²) in [6.07, 6.45) is 3.31. The molecule has 0 aromatic carbocycles. The van der Waals surface area contributed by atoms with E-state index in [1.807, 2.05) is 0 Å². The molecule has 1 aliphatic heterocycles. The van der Waals surface area contributed by atoms with Crippen molar-refractivity contribution in [2.45, 2.75) is 33.5 Å². The molecular weight excluding hydrogens is 152 g/mol. The fraction of sp³-hybridized carbons (Fsp3) is 0.800. The van der Waals surface area contributed by atoms with Crippen LogP contribution in [0.25, 0.3) is 0 Å². The minimum absolute atomic E-state index is 0.0283. The Labute approximate surface area is 74.6 Å². The van der Waals surface area contributed by atoms with Crippen LogP contribution in [-0.2, 0) is 9.47 Å². The Bertz CT molecular complexity index is 153. The van der Waals surface area contributed by atoms with E-state index in [0.717, 1.165) is 19.6 Å². The lowest BCUT2D eigenvalue weighted by atomic mass is 10.1. The third-order valence-electron chi connectivity index (χ3n) is 2.01. The Morgan fingerprint density at radius 3 is 2.50 bits per heavy atom. The maximum atomic E-state index is 5.40. The topological polar surface area (TPSA) is 18.5 Å². The first-order chi connectivity index (χ1) is 5.70. The first kappa shape index (κ1) is 9.75. The molecule has 1 unspecified atom stereocenters. The lowest BCUT2D eigenvalue weighted by Crippen LogP contribution is -2.17. The van der Waals surface area contributed by atoms with Gasteiger partial charge in [-0.2, -0.15) is 0 Å². The summed E-state index contributed by atoms with van der Waals surface area (Å²) < 4.78 is 10.8. The smallest absolute Gasteiger partial charge is 0.160 e. The quantitative estimate of drug-likeness (QED) is 0.605. The molecule has 0 bridgehead atoms. The van der Waals surface area contributed by atoms with Gasteiger partial charge in [-0.3, -0.25) is 0 Å². The van der Waals surface area contributed by atoms with Crippen molar-refractivity contribution < 1.29 is 9.47 Å². The van der Waals surface area contributed by atoms with Crippen LogP contribution in [0.2, 0.25) is 0 Å². The second kappa shape index (κ2) is 4.63. The van der Waals surface area contributed by atoms with E-state index in [2.05, 4.69) is 26.8 Å². The minimum atomic E-state index is 0.0283. The highest BCUT2D eigenvalue weighted by Gasteiger charge is 2.21. The maximum Gasteiger partial charge on any atom is 0.160 e. The van der Waals surface area contributed by atoms with Crippen molar-refractivity contribution in [3.63, 3.8) is 0 Å². The monoisotopic (exact) mass is 170 g/mol. The van der Waals surface area contributed by atoms with Crippen molar-refractivity contribution >= 4 is 0 Å². The molecule has 0 saturated carbocycles. The van der Waals surface area contributed by atoms with Gasteiger partial charge in [-0.1, -0.05) is 18.6 Å². The van der Waals surface area contributed by atoms with Crippen LogP contribution in [0.1, 0.15) is 27.2 Å². The van der Waals surface area contributed by atoms with E-state index in [1.165, 1.54) is 5.57 Å². The van der Waals surface area contributed by atoms with Crippen LogP contribution in [0, 0.1) is 5.92 Å². The molecule has 12 heavy (non-hydrogen) atoms. The van der Waals surface area contributed by atoms with E-state index in [1.54, 1.807) is 0 Å². The second-order valence-electron chi connectivity index (χ2n) is 3.60. The summed E-state index contributed by atoms with van der Waals surface area (Å²) in [7, 11) is 0. The van der Waals surface area contributed by atoms with Crippen molar-refractivity contribution in [2.24, 2.45) is 5.92 Å². The van der Waals surface area contributed by atoms with Crippen molar-refractivity contribution in [3.05, 3.63) is 11.6 Å². The summed E-state index contributed by atoms with van der Waals surface area (Å²) in [5.74, 6) is 0.474. The first-order valence-corrected chi connectivity index (χ1v) is 4.56. The highest BCUT2D eigenvalue weighted by Crippen LogP contribution is 2.18. The van der Waals surface area contributed by atoms with Gasteiger partial charge in [-0.05, 0) is 20.3 Å². The van der Waals surface area contributed by atoms with Crippen LogP contribution in [0.4, 0.5) is 0 Å². The zero-order valence-electron chi connectivity index (χ0n) is 8.17. The molecule has 0 aromatic heterocycles. The van der Waals surface area contributed by atoms with Crippen LogP contribution in [-0.4, -0.2) is 19.5 Å². The Hall–Kier alpha value is -0.340. The highest BCUT2D eigenvalue weighted by molar-refractivity contribution is 4.94. The Morgan fingerprint density at radius 2 is 2.00 bits per heavy atom. The zero-order chi connectivity index (χ0) is 8.97. The number of hydrogen-bond donors (Lipinski definition) is 0. The molecule has 2 nitrogen and oxygen atoms in total. The van der Waals surface area contributed by atoms with Gasteiger partial charge in [0, 0.05) is 5.92 Å². The van der Waals surface area contributed by atoms with Crippen molar-refractivity contribution in [2.75, 3.05) is 13.2 Å². The van der Waals surface area contributed by atoms with Gasteiger partial charge in [0.15, 0.2) is 6.29 Å². The van der Waals surface area contributed by atoms with Crippen molar-refractivity contribution in [3.8, 4) is 0 Å². The lowest BCUT2D eigenvalue weighted by molar-refractivity contribution is -0.0774. The minimum Gasteiger partial charge on any atom is -0.350 e. The average Bonchev–Trinajstić information content (AvgIpc) is 2.51. The Morgan fingerprint density at radius 1 is 1.42 bits per heavy atom. The molecule has 1 atom stereocenters. The van der Waals surface area contributed by atoms with E-state index in [4.69, 9.17) is 9.47 Å². The van der Waals surface area contributed by atoms with E-state index >= 15 is 0 Å². The van der Waals surface area contributed by atoms with Gasteiger partial charge in [0.05, 0.1) is 13.2 Å². The summed E-state index contributed by atoms with van der Waals surface area (Å²) in [5.41, 5.74) is 1.36. The summed E-state index contributed by atoms with van der Waals surface area (Å²) >= 11 is 0. The Kier molecular flexibility index (Phi) is 3.76. The normalized spacial score (nSPS) is 20.9. The number of hydrogen-bond acceptors (Lipinski definition) is 2. The van der Waals surface area contributed by atoms with Crippen molar-refractivity contribution in [1.82, 2.24) is 0 Å². The molecule has 1 fully saturated rings. The van der Waals surface area contributed by atoms with Crippen LogP contribution in [0.5, 0.6) is 0 Å². The molecule has 2 heteroatoms. The molecular formula is C10H18O2. The number of rotatable bonds is 3. The molecule has 1 heterocycles. The average molecular weight is 170 g/mol. The predicted molar refractivity (Wildman–Crippen MR) is 48.9 cm³/mol. The molecule has 0 amide bonds. The highest BCUT2D eigenvalue weighted by atomic mass is 16.7. The van der Waals surface area contributed by atoms with Crippen LogP contribution < -0.4 is 0 Å². The third-order valence-corrected chi connectivity index (χ3v) is 2.01. The van der Waals surface area contributed by atoms with Crippen LogP contribution in [0.3, 0.4) is 0 Å². The van der Waals surface area contributed by atoms with Crippen LogP contribution in [0.15, 0.2) is 11.6 Å². The third kappa shape index (κ3) is 2.95. The van der Waals surface area contributed by atoms with E-state index in [0.29, 0.717) is 5.92 Å². The van der Waals surface area contributed by atoms with Gasteiger partial charge in [0.25, 0.3) is 0 Å². The molecule has 0 N–H and O–H groups in total. The number of allylic oxidation sites excluding steroid dienone is 2. The number of ether oxygens (including phenoxy) is 2. The fourth-order valence-electron chi connectivity index (χ4n) is 1.24. The summed E-state index contributed by atoms with van der Waals surface area (Å²) in [6.45, 7) is 7.90. The molecule has 1 aliphatic rings. The van der Waals surface area contributed by atoms with Gasteiger partial charge in [0.1, 0.15) is 0 Å². The maximum absolute atomic E-state index is 5.40. The molecule has 1 rings (SSSR count). The van der Waals surface area contributed by atoms with Crippen molar-refractivity contribution in [1.29, 1.82) is 0 Å².